The largest absolute Gasteiger partial charge is 0.367 e. The molecule has 0 unspecified atom stereocenters. The number of likely N-dealkylation sites (N-methyl/N-ethyl adjacent to an activating group) is 1. The molecule has 0 radical (unpaired) electrons. The lowest BCUT2D eigenvalue weighted by Crippen LogP contribution is -2.28. The van der Waals surface area contributed by atoms with E-state index in [4.69, 9.17) is 11.6 Å². The number of fused-ring (bicyclic) bond motifs is 3. The number of hydrogen-bond donors (Lipinski definition) is 1. The zero-order valence-corrected chi connectivity index (χ0v) is 17.0. The number of aryl methyl sites for hydroxylation is 2. The number of nitrogens with zero attached hydrogens (tertiary/aromatic N) is 3. The molecule has 0 spiro atoms. The van der Waals surface area contributed by atoms with Crippen LogP contribution in [0.4, 0.5) is 10.2 Å². The summed E-state index contributed by atoms with van der Waals surface area (Å²) in [6, 6.07) is 4.61. The van der Waals surface area contributed by atoms with Crippen LogP contribution in [0.25, 0.3) is 10.2 Å². The van der Waals surface area contributed by atoms with Gasteiger partial charge in [-0.1, -0.05) is 17.7 Å². The number of rotatable bonds is 5. The Kier molecular flexibility index (Phi) is 5.30. The van der Waals surface area contributed by atoms with Crippen molar-refractivity contribution < 1.29 is 4.39 Å². The summed E-state index contributed by atoms with van der Waals surface area (Å²) in [4.78, 5) is 13.4. The molecule has 2 aromatic heterocycles. The van der Waals surface area contributed by atoms with Crippen LogP contribution < -0.4 is 5.32 Å². The minimum atomic E-state index is -0.288. The van der Waals surface area contributed by atoms with Gasteiger partial charge in [0.1, 0.15) is 22.8 Å². The first-order valence-corrected chi connectivity index (χ1v) is 10.3. The van der Waals surface area contributed by atoms with E-state index >= 15 is 0 Å². The van der Waals surface area contributed by atoms with Crippen molar-refractivity contribution in [1.82, 2.24) is 14.9 Å². The minimum Gasteiger partial charge on any atom is -0.367 e. The van der Waals surface area contributed by atoms with Crippen molar-refractivity contribution in [3.8, 4) is 0 Å². The molecular weight excluding hydrogens is 383 g/mol. The number of benzene rings is 1. The van der Waals surface area contributed by atoms with Crippen LogP contribution in [0.2, 0.25) is 5.02 Å². The smallest absolute Gasteiger partial charge is 0.138 e. The standard InChI is InChI=1S/C20H22ClFN4S/c1-26(2)15(18-13(21)7-5-8-14(18)22)10-23-19-17-12-6-3-4-9-16(12)27-20(17)25-11-24-19/h5,7-8,11,15H,3-4,6,9-10H2,1-2H3,(H,23,24,25)/t15-/m0/s1. The van der Waals surface area contributed by atoms with Gasteiger partial charge in [-0.3, -0.25) is 0 Å². The third-order valence-corrected chi connectivity index (χ3v) is 6.70. The molecule has 0 aliphatic heterocycles. The summed E-state index contributed by atoms with van der Waals surface area (Å²) in [5, 5.41) is 5.02. The Morgan fingerprint density at radius 1 is 1.26 bits per heavy atom. The lowest BCUT2D eigenvalue weighted by molar-refractivity contribution is 0.304. The molecule has 0 saturated carbocycles. The van der Waals surface area contributed by atoms with Gasteiger partial charge in [-0.2, -0.15) is 0 Å². The van der Waals surface area contributed by atoms with Gasteiger partial charge in [-0.05, 0) is 57.5 Å². The molecule has 142 valence electrons. The van der Waals surface area contributed by atoms with Crippen molar-refractivity contribution in [2.45, 2.75) is 31.7 Å². The van der Waals surface area contributed by atoms with Crippen LogP contribution in [-0.2, 0) is 12.8 Å². The van der Waals surface area contributed by atoms with E-state index < -0.39 is 0 Å². The summed E-state index contributed by atoms with van der Waals surface area (Å²) in [6.45, 7) is 0.504. The molecule has 4 nitrogen and oxygen atoms in total. The number of nitrogens with one attached hydrogen (secondary N) is 1. The predicted molar refractivity (Wildman–Crippen MR) is 110 cm³/mol. The quantitative estimate of drug-likeness (QED) is 0.644. The SMILES string of the molecule is CN(C)[C@@H](CNc1ncnc2sc3c(c12)CCCC3)c1c(F)cccc1Cl. The second-order valence-corrected chi connectivity index (χ2v) is 8.60. The summed E-state index contributed by atoms with van der Waals surface area (Å²) in [5.74, 6) is 0.544. The number of thiophene rings is 1. The second-order valence-electron chi connectivity index (χ2n) is 7.11. The maximum atomic E-state index is 14.5. The van der Waals surface area contributed by atoms with Gasteiger partial charge in [0.25, 0.3) is 0 Å². The van der Waals surface area contributed by atoms with Crippen LogP contribution >= 0.6 is 22.9 Å². The maximum absolute atomic E-state index is 14.5. The normalized spacial score (nSPS) is 15.1. The van der Waals surface area contributed by atoms with Crippen molar-refractivity contribution in [3.05, 3.63) is 51.4 Å². The fourth-order valence-corrected chi connectivity index (χ4v) is 5.31. The molecule has 1 aromatic carbocycles. The van der Waals surface area contributed by atoms with Gasteiger partial charge < -0.3 is 10.2 Å². The van der Waals surface area contributed by atoms with E-state index in [0.29, 0.717) is 17.1 Å². The maximum Gasteiger partial charge on any atom is 0.138 e. The number of hydrogen-bond acceptors (Lipinski definition) is 5. The molecule has 0 bridgehead atoms. The van der Waals surface area contributed by atoms with E-state index in [-0.39, 0.29) is 11.9 Å². The summed E-state index contributed by atoms with van der Waals surface area (Å²) in [6.07, 6.45) is 6.25. The molecule has 1 aliphatic rings. The molecule has 0 saturated heterocycles. The lowest BCUT2D eigenvalue weighted by atomic mass is 9.97. The Bertz CT molecular complexity index is 952. The van der Waals surface area contributed by atoms with E-state index in [1.807, 2.05) is 19.0 Å². The Labute approximate surface area is 167 Å². The van der Waals surface area contributed by atoms with E-state index in [2.05, 4.69) is 15.3 Å². The number of anilines is 1. The average molecular weight is 405 g/mol. The average Bonchev–Trinajstić information content (AvgIpc) is 3.03. The van der Waals surface area contributed by atoms with E-state index in [1.54, 1.807) is 29.8 Å². The number of halogens is 2. The monoisotopic (exact) mass is 404 g/mol. The van der Waals surface area contributed by atoms with Crippen molar-refractivity contribution in [3.63, 3.8) is 0 Å². The minimum absolute atomic E-state index is 0.210. The van der Waals surface area contributed by atoms with Gasteiger partial charge in [-0.15, -0.1) is 11.3 Å². The molecular formula is C20H22ClFN4S. The van der Waals surface area contributed by atoms with Gasteiger partial charge >= 0.3 is 0 Å². The predicted octanol–water partition coefficient (Wildman–Crippen LogP) is 5.08. The second kappa shape index (κ2) is 7.70. The van der Waals surface area contributed by atoms with Gasteiger partial charge in [0.05, 0.1) is 11.4 Å². The van der Waals surface area contributed by atoms with Gasteiger partial charge in [0.15, 0.2) is 0 Å². The third kappa shape index (κ3) is 3.53. The summed E-state index contributed by atoms with van der Waals surface area (Å²) in [7, 11) is 3.86. The summed E-state index contributed by atoms with van der Waals surface area (Å²) in [5.41, 5.74) is 1.89. The highest BCUT2D eigenvalue weighted by Gasteiger charge is 2.23. The zero-order valence-electron chi connectivity index (χ0n) is 15.4. The topological polar surface area (TPSA) is 41.0 Å². The van der Waals surface area contributed by atoms with Gasteiger partial charge in [0.2, 0.25) is 0 Å². The van der Waals surface area contributed by atoms with Crippen molar-refractivity contribution >= 4 is 39.0 Å². The lowest BCUT2D eigenvalue weighted by Gasteiger charge is -2.26. The molecule has 1 atom stereocenters. The Morgan fingerprint density at radius 3 is 2.85 bits per heavy atom. The molecule has 1 N–H and O–H groups in total. The highest BCUT2D eigenvalue weighted by molar-refractivity contribution is 7.19. The number of aromatic nitrogens is 2. The van der Waals surface area contributed by atoms with Crippen LogP contribution in [-0.4, -0.2) is 35.5 Å². The van der Waals surface area contributed by atoms with Crippen LogP contribution in [0.3, 0.4) is 0 Å². The van der Waals surface area contributed by atoms with Crippen molar-refractivity contribution in [2.24, 2.45) is 0 Å². The van der Waals surface area contributed by atoms with Crippen LogP contribution in [0.15, 0.2) is 24.5 Å². The highest BCUT2D eigenvalue weighted by Crippen LogP contribution is 2.38. The van der Waals surface area contributed by atoms with Crippen LogP contribution in [0, 0.1) is 5.82 Å². The molecule has 0 amide bonds. The van der Waals surface area contributed by atoms with Crippen molar-refractivity contribution in [2.75, 3.05) is 26.0 Å². The van der Waals surface area contributed by atoms with Gasteiger partial charge in [-0.25, -0.2) is 14.4 Å². The molecule has 7 heteroatoms. The zero-order chi connectivity index (χ0) is 19.0. The van der Waals surface area contributed by atoms with E-state index in [1.165, 1.54) is 29.3 Å². The van der Waals surface area contributed by atoms with Crippen LogP contribution in [0.5, 0.6) is 0 Å². The van der Waals surface area contributed by atoms with Crippen molar-refractivity contribution in [1.29, 1.82) is 0 Å². The first-order valence-electron chi connectivity index (χ1n) is 9.15. The third-order valence-electron chi connectivity index (χ3n) is 5.17. The Morgan fingerprint density at radius 2 is 2.07 bits per heavy atom. The molecule has 4 rings (SSSR count). The van der Waals surface area contributed by atoms with E-state index in [0.717, 1.165) is 28.9 Å². The molecule has 1 aliphatic carbocycles. The Balaban J connectivity index is 1.67. The highest BCUT2D eigenvalue weighted by atomic mass is 35.5. The fraction of sp³-hybridized carbons (Fsp3) is 0.400. The first kappa shape index (κ1) is 18.6. The molecule has 0 fully saturated rings. The summed E-state index contributed by atoms with van der Waals surface area (Å²) >= 11 is 8.08. The van der Waals surface area contributed by atoms with Gasteiger partial charge in [0, 0.05) is 22.0 Å². The fourth-order valence-electron chi connectivity index (χ4n) is 3.79. The Hall–Kier alpha value is -1.76. The summed E-state index contributed by atoms with van der Waals surface area (Å²) < 4.78 is 14.5. The molecule has 27 heavy (non-hydrogen) atoms. The van der Waals surface area contributed by atoms with E-state index in [9.17, 15) is 4.39 Å². The van der Waals surface area contributed by atoms with Crippen LogP contribution in [0.1, 0.15) is 34.9 Å². The molecule has 3 aromatic rings. The first-order chi connectivity index (χ1) is 13.1. The molecule has 2 heterocycles.